The van der Waals surface area contributed by atoms with E-state index >= 15 is 0 Å². The fraction of sp³-hybridized carbons (Fsp3) is 0.167. The summed E-state index contributed by atoms with van der Waals surface area (Å²) in [6.07, 6.45) is 9.80. The van der Waals surface area contributed by atoms with Crippen LogP contribution in [-0.2, 0) is 19.5 Å². The lowest BCUT2D eigenvalue weighted by molar-refractivity contribution is 0.633. The minimum Gasteiger partial charge on any atom is -0.333 e. The predicted octanol–water partition coefficient (Wildman–Crippen LogP) is 4.49. The minimum atomic E-state index is -0.285. The van der Waals surface area contributed by atoms with Gasteiger partial charge in [-0.25, -0.2) is 14.4 Å². The molecule has 1 aromatic carbocycles. The van der Waals surface area contributed by atoms with Crippen molar-refractivity contribution in [3.63, 3.8) is 0 Å². The van der Waals surface area contributed by atoms with Crippen molar-refractivity contribution in [3.05, 3.63) is 84.2 Å². The van der Waals surface area contributed by atoms with Crippen LogP contribution in [0, 0.1) is 12.7 Å². The molecule has 1 N–H and O–H groups in total. The number of aryl methyl sites for hydroxylation is 3. The van der Waals surface area contributed by atoms with Crippen LogP contribution in [0.4, 0.5) is 16.0 Å². The first kappa shape index (κ1) is 18.7. The molecule has 8 heteroatoms. The van der Waals surface area contributed by atoms with E-state index in [9.17, 15) is 4.39 Å². The van der Waals surface area contributed by atoms with Crippen LogP contribution < -0.4 is 5.32 Å². The quantitative estimate of drug-likeness (QED) is 0.461. The van der Waals surface area contributed by atoms with E-state index in [4.69, 9.17) is 5.10 Å². The minimum absolute atomic E-state index is 0.285. The summed E-state index contributed by atoms with van der Waals surface area (Å²) in [5, 5.41) is 9.63. The molecule has 158 valence electrons. The predicted molar refractivity (Wildman–Crippen MR) is 120 cm³/mol. The van der Waals surface area contributed by atoms with Crippen LogP contribution in [0.25, 0.3) is 21.9 Å². The van der Waals surface area contributed by atoms with E-state index in [1.165, 1.54) is 6.07 Å². The third kappa shape index (κ3) is 3.20. The van der Waals surface area contributed by atoms with Crippen LogP contribution in [0.2, 0.25) is 0 Å². The zero-order valence-electron chi connectivity index (χ0n) is 17.5. The first-order valence-corrected chi connectivity index (χ1v) is 10.5. The second-order valence-corrected chi connectivity index (χ2v) is 8.03. The summed E-state index contributed by atoms with van der Waals surface area (Å²) in [5.41, 5.74) is 3.44. The van der Waals surface area contributed by atoms with Crippen LogP contribution in [0.15, 0.2) is 61.3 Å². The Bertz CT molecular complexity index is 1470. The van der Waals surface area contributed by atoms with Gasteiger partial charge in [-0.05, 0) is 42.1 Å². The molecule has 4 aromatic heterocycles. The molecular weight excluding hydrogens is 405 g/mol. The van der Waals surface area contributed by atoms with Gasteiger partial charge in [0.2, 0.25) is 0 Å². The van der Waals surface area contributed by atoms with E-state index in [1.54, 1.807) is 18.6 Å². The van der Waals surface area contributed by atoms with Gasteiger partial charge in [0.1, 0.15) is 17.5 Å². The number of benzene rings is 1. The normalized spacial score (nSPS) is 12.9. The molecule has 0 bridgehead atoms. The number of fused-ring (bicyclic) bond motifs is 3. The monoisotopic (exact) mass is 425 g/mol. The zero-order valence-corrected chi connectivity index (χ0v) is 17.5. The first-order chi connectivity index (χ1) is 15.6. The Hall–Kier alpha value is -4.07. The lowest BCUT2D eigenvalue weighted by Gasteiger charge is -2.10. The Kier molecular flexibility index (Phi) is 4.24. The fourth-order valence-corrected chi connectivity index (χ4v) is 4.24. The Morgan fingerprint density at radius 2 is 1.91 bits per heavy atom. The Morgan fingerprint density at radius 3 is 2.81 bits per heavy atom. The van der Waals surface area contributed by atoms with Gasteiger partial charge >= 0.3 is 0 Å². The number of anilines is 2. The molecule has 0 saturated carbocycles. The number of pyridine rings is 2. The summed E-state index contributed by atoms with van der Waals surface area (Å²) in [6, 6.07) is 9.22. The van der Waals surface area contributed by atoms with Crippen LogP contribution in [0.3, 0.4) is 0 Å². The average molecular weight is 425 g/mol. The Labute approximate surface area is 183 Å². The van der Waals surface area contributed by atoms with Crippen molar-refractivity contribution in [2.24, 2.45) is 0 Å². The molecule has 0 aliphatic carbocycles. The van der Waals surface area contributed by atoms with Gasteiger partial charge in [0.15, 0.2) is 5.82 Å². The van der Waals surface area contributed by atoms with Gasteiger partial charge in [0.05, 0.1) is 6.54 Å². The van der Waals surface area contributed by atoms with E-state index in [0.717, 1.165) is 52.2 Å². The highest BCUT2D eigenvalue weighted by molar-refractivity contribution is 5.89. The van der Waals surface area contributed by atoms with Crippen LogP contribution >= 0.6 is 0 Å². The van der Waals surface area contributed by atoms with Gasteiger partial charge in [-0.15, -0.1) is 0 Å². The first-order valence-electron chi connectivity index (χ1n) is 10.5. The number of imidazole rings is 1. The molecule has 0 unspecified atom stereocenters. The Morgan fingerprint density at radius 1 is 0.969 bits per heavy atom. The highest BCUT2D eigenvalue weighted by Gasteiger charge is 2.16. The molecule has 7 nitrogen and oxygen atoms in total. The molecule has 32 heavy (non-hydrogen) atoms. The van der Waals surface area contributed by atoms with Crippen LogP contribution in [0.5, 0.6) is 0 Å². The van der Waals surface area contributed by atoms with Crippen molar-refractivity contribution in [1.82, 2.24) is 29.3 Å². The summed E-state index contributed by atoms with van der Waals surface area (Å²) < 4.78 is 18.9. The lowest BCUT2D eigenvalue weighted by atomic mass is 9.99. The third-order valence-electron chi connectivity index (χ3n) is 5.96. The van der Waals surface area contributed by atoms with Crippen molar-refractivity contribution in [1.29, 1.82) is 0 Å². The molecule has 6 rings (SSSR count). The van der Waals surface area contributed by atoms with Crippen LogP contribution in [0.1, 0.15) is 17.1 Å². The largest absolute Gasteiger partial charge is 0.333 e. The molecule has 5 aromatic rings. The average Bonchev–Trinajstić information content (AvgIpc) is 3.36. The van der Waals surface area contributed by atoms with Crippen molar-refractivity contribution >= 4 is 22.4 Å². The standard InChI is InChI=1S/C24H20FN7/c1-15-2-4-26-13-20(15)19-8-16-10-22(28-12-17(16)9-21(19)25)29-23-11-18-3-6-31-7-5-27-24(31)14-32(18)30-23/h2,4-5,7-13H,3,6,14H2,1H3,(H,28,29,30). The van der Waals surface area contributed by atoms with Gasteiger partial charge in [0, 0.05) is 72.2 Å². The van der Waals surface area contributed by atoms with Crippen molar-refractivity contribution in [2.75, 3.05) is 5.32 Å². The van der Waals surface area contributed by atoms with Crippen molar-refractivity contribution in [2.45, 2.75) is 26.4 Å². The summed E-state index contributed by atoms with van der Waals surface area (Å²) >= 11 is 0. The topological polar surface area (TPSA) is 73.5 Å². The van der Waals surface area contributed by atoms with Gasteiger partial charge in [-0.3, -0.25) is 9.67 Å². The molecule has 0 radical (unpaired) electrons. The summed E-state index contributed by atoms with van der Waals surface area (Å²) in [4.78, 5) is 13.0. The van der Waals surface area contributed by atoms with E-state index in [2.05, 4.69) is 24.8 Å². The molecule has 1 aliphatic heterocycles. The van der Waals surface area contributed by atoms with E-state index in [0.29, 0.717) is 17.9 Å². The number of nitrogens with zero attached hydrogens (tertiary/aromatic N) is 6. The highest BCUT2D eigenvalue weighted by Crippen LogP contribution is 2.30. The van der Waals surface area contributed by atoms with Crippen LogP contribution in [-0.4, -0.2) is 29.3 Å². The molecule has 0 spiro atoms. The lowest BCUT2D eigenvalue weighted by Crippen LogP contribution is -2.06. The van der Waals surface area contributed by atoms with Gasteiger partial charge in [0.25, 0.3) is 0 Å². The molecule has 0 amide bonds. The summed E-state index contributed by atoms with van der Waals surface area (Å²) in [7, 11) is 0. The zero-order chi connectivity index (χ0) is 21.7. The number of hydrogen-bond acceptors (Lipinski definition) is 5. The number of halogens is 1. The second kappa shape index (κ2) is 7.26. The summed E-state index contributed by atoms with van der Waals surface area (Å²) in [5.74, 6) is 2.11. The molecule has 0 saturated heterocycles. The Balaban J connectivity index is 1.33. The number of rotatable bonds is 3. The molecule has 0 atom stereocenters. The van der Waals surface area contributed by atoms with Crippen molar-refractivity contribution in [3.8, 4) is 11.1 Å². The molecular formula is C24H20FN7. The molecule has 1 aliphatic rings. The van der Waals surface area contributed by atoms with Gasteiger partial charge in [-0.2, -0.15) is 5.10 Å². The van der Waals surface area contributed by atoms with E-state index in [1.807, 2.05) is 48.3 Å². The molecule has 0 fully saturated rings. The molecule has 5 heterocycles. The fourth-order valence-electron chi connectivity index (χ4n) is 4.24. The number of nitrogens with one attached hydrogen (secondary N) is 1. The van der Waals surface area contributed by atoms with Gasteiger partial charge < -0.3 is 9.88 Å². The second-order valence-electron chi connectivity index (χ2n) is 8.03. The van der Waals surface area contributed by atoms with E-state index < -0.39 is 0 Å². The highest BCUT2D eigenvalue weighted by atomic mass is 19.1. The number of aromatic nitrogens is 6. The summed E-state index contributed by atoms with van der Waals surface area (Å²) in [6.45, 7) is 3.48. The SMILES string of the molecule is Cc1ccncc1-c1cc2cc(Nc3cc4n(n3)Cc3nccn3CC4)ncc2cc1F. The maximum atomic E-state index is 14.8. The third-order valence-corrected chi connectivity index (χ3v) is 5.96. The maximum Gasteiger partial charge on any atom is 0.153 e. The smallest absolute Gasteiger partial charge is 0.153 e. The number of hydrogen-bond donors (Lipinski definition) is 1. The van der Waals surface area contributed by atoms with Crippen molar-refractivity contribution < 1.29 is 4.39 Å². The maximum absolute atomic E-state index is 14.8. The van der Waals surface area contributed by atoms with Gasteiger partial charge in [-0.1, -0.05) is 0 Å². The van der Waals surface area contributed by atoms with E-state index in [-0.39, 0.29) is 5.82 Å².